The van der Waals surface area contributed by atoms with E-state index in [1.54, 1.807) is 7.11 Å². The number of rotatable bonds is 4. The summed E-state index contributed by atoms with van der Waals surface area (Å²) in [5.41, 5.74) is 3.28. The first-order chi connectivity index (χ1) is 11.5. The van der Waals surface area contributed by atoms with Crippen LogP contribution in [0.5, 0.6) is 5.75 Å². The van der Waals surface area contributed by atoms with Gasteiger partial charge in [-0.05, 0) is 43.2 Å². The number of methoxy groups -OCH3 is 1. The van der Waals surface area contributed by atoms with Gasteiger partial charge in [-0.15, -0.1) is 0 Å². The molecule has 0 saturated carbocycles. The lowest BCUT2D eigenvalue weighted by Crippen LogP contribution is -2.35. The summed E-state index contributed by atoms with van der Waals surface area (Å²) in [6.07, 6.45) is 0.129. The number of nitrogens with zero attached hydrogens (tertiary/aromatic N) is 1. The molecule has 1 aliphatic heterocycles. The molecule has 1 atom stereocenters. The second-order valence-corrected chi connectivity index (χ2v) is 5.96. The number of hydrogen-bond donors (Lipinski definition) is 1. The first kappa shape index (κ1) is 16.1. The molecule has 0 aromatic heterocycles. The maximum atomic E-state index is 12.8. The number of carbonyl (C=O) groups is 2. The minimum Gasteiger partial charge on any atom is -0.495 e. The first-order valence-corrected chi connectivity index (χ1v) is 7.85. The molecular formula is C19H20N2O3. The Balaban J connectivity index is 1.88. The third-order valence-electron chi connectivity index (χ3n) is 4.19. The molecule has 124 valence electrons. The maximum Gasteiger partial charge on any atom is 0.256 e. The number of anilines is 2. The van der Waals surface area contributed by atoms with Gasteiger partial charge >= 0.3 is 0 Å². The molecule has 0 aliphatic carbocycles. The highest BCUT2D eigenvalue weighted by Crippen LogP contribution is 2.30. The van der Waals surface area contributed by atoms with Gasteiger partial charge in [0.1, 0.15) is 11.8 Å². The Morgan fingerprint density at radius 2 is 1.88 bits per heavy atom. The quantitative estimate of drug-likeness (QED) is 0.878. The zero-order valence-corrected chi connectivity index (χ0v) is 14.0. The van der Waals surface area contributed by atoms with Gasteiger partial charge in [0, 0.05) is 0 Å². The molecule has 0 bridgehead atoms. The van der Waals surface area contributed by atoms with Gasteiger partial charge in [0.2, 0.25) is 5.91 Å². The second kappa shape index (κ2) is 6.35. The van der Waals surface area contributed by atoms with Crippen LogP contribution in [0.1, 0.15) is 17.5 Å². The van der Waals surface area contributed by atoms with E-state index in [-0.39, 0.29) is 18.2 Å². The van der Waals surface area contributed by atoms with Gasteiger partial charge in [-0.1, -0.05) is 24.3 Å². The Kier molecular flexibility index (Phi) is 4.25. The molecule has 5 nitrogen and oxygen atoms in total. The van der Waals surface area contributed by atoms with Crippen LogP contribution in [0.25, 0.3) is 0 Å². The minimum atomic E-state index is -0.589. The van der Waals surface area contributed by atoms with Crippen molar-refractivity contribution in [1.82, 2.24) is 0 Å². The summed E-state index contributed by atoms with van der Waals surface area (Å²) in [6.45, 7) is 3.84. The monoisotopic (exact) mass is 324 g/mol. The normalized spacial score (nSPS) is 17.3. The number of aryl methyl sites for hydroxylation is 2. The van der Waals surface area contributed by atoms with E-state index in [0.29, 0.717) is 17.1 Å². The molecule has 1 fully saturated rings. The van der Waals surface area contributed by atoms with Crippen molar-refractivity contribution in [2.24, 2.45) is 0 Å². The fourth-order valence-electron chi connectivity index (χ4n) is 2.91. The molecule has 2 aromatic rings. The van der Waals surface area contributed by atoms with E-state index in [0.717, 1.165) is 11.1 Å². The molecule has 3 rings (SSSR count). The van der Waals surface area contributed by atoms with Crippen molar-refractivity contribution in [2.75, 3.05) is 17.3 Å². The van der Waals surface area contributed by atoms with Crippen LogP contribution >= 0.6 is 0 Å². The number of carbonyl (C=O) groups excluding carboxylic acids is 2. The fraction of sp³-hybridized carbons (Fsp3) is 0.263. The molecule has 0 spiro atoms. The zero-order valence-electron chi connectivity index (χ0n) is 14.0. The van der Waals surface area contributed by atoms with Crippen molar-refractivity contribution in [1.29, 1.82) is 0 Å². The van der Waals surface area contributed by atoms with Crippen LogP contribution in [0.2, 0.25) is 0 Å². The van der Waals surface area contributed by atoms with E-state index in [9.17, 15) is 9.59 Å². The Labute approximate surface area is 141 Å². The molecule has 0 radical (unpaired) electrons. The van der Waals surface area contributed by atoms with Gasteiger partial charge in [0.05, 0.1) is 24.9 Å². The van der Waals surface area contributed by atoms with E-state index in [1.807, 2.05) is 56.3 Å². The van der Waals surface area contributed by atoms with Gasteiger partial charge in [0.15, 0.2) is 0 Å². The Hall–Kier alpha value is -2.82. The second-order valence-electron chi connectivity index (χ2n) is 5.96. The molecule has 2 aromatic carbocycles. The number of amides is 2. The highest BCUT2D eigenvalue weighted by molar-refractivity contribution is 6.23. The minimum absolute atomic E-state index is 0.129. The summed E-state index contributed by atoms with van der Waals surface area (Å²) in [5, 5.41) is 3.14. The summed E-state index contributed by atoms with van der Waals surface area (Å²) in [5.74, 6) is 0.212. The van der Waals surface area contributed by atoms with Crippen LogP contribution in [-0.4, -0.2) is 25.0 Å². The molecular weight excluding hydrogens is 304 g/mol. The lowest BCUT2D eigenvalue weighted by Gasteiger charge is -2.19. The Morgan fingerprint density at radius 3 is 2.62 bits per heavy atom. The molecule has 1 heterocycles. The molecule has 1 saturated heterocycles. The zero-order chi connectivity index (χ0) is 17.3. The third kappa shape index (κ3) is 2.85. The maximum absolute atomic E-state index is 12.8. The number of hydrogen-bond acceptors (Lipinski definition) is 4. The van der Waals surface area contributed by atoms with E-state index in [4.69, 9.17) is 4.74 Å². The number of imide groups is 1. The van der Waals surface area contributed by atoms with E-state index < -0.39 is 6.04 Å². The molecule has 2 amide bonds. The van der Waals surface area contributed by atoms with Crippen LogP contribution in [0.15, 0.2) is 42.5 Å². The van der Waals surface area contributed by atoms with E-state index in [2.05, 4.69) is 5.32 Å². The molecule has 24 heavy (non-hydrogen) atoms. The summed E-state index contributed by atoms with van der Waals surface area (Å²) in [4.78, 5) is 26.5. The van der Waals surface area contributed by atoms with Crippen molar-refractivity contribution >= 4 is 23.2 Å². The molecule has 1 N–H and O–H groups in total. The third-order valence-corrected chi connectivity index (χ3v) is 4.19. The van der Waals surface area contributed by atoms with Crippen molar-refractivity contribution in [3.63, 3.8) is 0 Å². The summed E-state index contributed by atoms with van der Waals surface area (Å²) < 4.78 is 5.29. The van der Waals surface area contributed by atoms with Crippen LogP contribution in [0.4, 0.5) is 11.4 Å². The van der Waals surface area contributed by atoms with Crippen LogP contribution in [0.3, 0.4) is 0 Å². The van der Waals surface area contributed by atoms with Crippen LogP contribution in [0, 0.1) is 13.8 Å². The smallest absolute Gasteiger partial charge is 0.256 e. The number of nitrogens with one attached hydrogen (secondary N) is 1. The standard InChI is InChI=1S/C19H20N2O3/c1-12-8-9-13(2)16(10-12)21-18(22)11-15(19(21)23)20-14-6-4-5-7-17(14)24-3/h4-10,15,20H,11H2,1-3H3/t15-/m0/s1. The van der Waals surface area contributed by atoms with Crippen LogP contribution in [-0.2, 0) is 9.59 Å². The lowest BCUT2D eigenvalue weighted by molar-refractivity contribution is -0.121. The average molecular weight is 324 g/mol. The highest BCUT2D eigenvalue weighted by Gasteiger charge is 2.40. The SMILES string of the molecule is COc1ccccc1N[C@H]1CC(=O)N(c2cc(C)ccc2C)C1=O. The van der Waals surface area contributed by atoms with Crippen molar-refractivity contribution in [2.45, 2.75) is 26.3 Å². The number of benzene rings is 2. The lowest BCUT2D eigenvalue weighted by atomic mass is 10.1. The molecule has 0 unspecified atom stereocenters. The molecule has 1 aliphatic rings. The van der Waals surface area contributed by atoms with Crippen LogP contribution < -0.4 is 15.0 Å². The van der Waals surface area contributed by atoms with Gasteiger partial charge in [-0.3, -0.25) is 9.59 Å². The van der Waals surface area contributed by atoms with Crippen molar-refractivity contribution in [3.05, 3.63) is 53.6 Å². The summed E-state index contributed by atoms with van der Waals surface area (Å²) in [6, 6.07) is 12.5. The predicted molar refractivity (Wildman–Crippen MR) is 93.4 cm³/mol. The fourth-order valence-corrected chi connectivity index (χ4v) is 2.91. The van der Waals surface area contributed by atoms with Gasteiger partial charge in [-0.2, -0.15) is 0 Å². The number of para-hydroxylation sites is 2. The predicted octanol–water partition coefficient (Wildman–Crippen LogP) is 3.06. The topological polar surface area (TPSA) is 58.6 Å². The highest BCUT2D eigenvalue weighted by atomic mass is 16.5. The molecule has 5 heteroatoms. The van der Waals surface area contributed by atoms with Gasteiger partial charge < -0.3 is 10.1 Å². The summed E-state index contributed by atoms with van der Waals surface area (Å²) in [7, 11) is 1.57. The van der Waals surface area contributed by atoms with E-state index in [1.165, 1.54) is 4.90 Å². The van der Waals surface area contributed by atoms with E-state index >= 15 is 0 Å². The first-order valence-electron chi connectivity index (χ1n) is 7.85. The number of ether oxygens (including phenoxy) is 1. The largest absolute Gasteiger partial charge is 0.495 e. The average Bonchev–Trinajstić information content (AvgIpc) is 2.84. The summed E-state index contributed by atoms with van der Waals surface area (Å²) >= 11 is 0. The Morgan fingerprint density at radius 1 is 1.12 bits per heavy atom. The van der Waals surface area contributed by atoms with Crippen molar-refractivity contribution < 1.29 is 14.3 Å². The Bertz CT molecular complexity index is 801. The van der Waals surface area contributed by atoms with Gasteiger partial charge in [-0.25, -0.2) is 4.90 Å². The van der Waals surface area contributed by atoms with Gasteiger partial charge in [0.25, 0.3) is 5.91 Å². The van der Waals surface area contributed by atoms with Crippen molar-refractivity contribution in [3.8, 4) is 5.75 Å².